The Hall–Kier alpha value is -1.53. The third kappa shape index (κ3) is 3.27. The summed E-state index contributed by atoms with van der Waals surface area (Å²) < 4.78 is 19.3. The van der Waals surface area contributed by atoms with Gasteiger partial charge in [0, 0.05) is 12.0 Å². The molecular formula is C21H28FN4S+. The number of nitrogens with one attached hydrogen (secondary N) is 1. The van der Waals surface area contributed by atoms with Gasteiger partial charge in [-0.05, 0) is 69.3 Å². The van der Waals surface area contributed by atoms with Crippen molar-refractivity contribution in [2.75, 3.05) is 6.54 Å². The Morgan fingerprint density at radius 1 is 1.07 bits per heavy atom. The lowest BCUT2D eigenvalue weighted by molar-refractivity contribution is -0.958. The van der Waals surface area contributed by atoms with Gasteiger partial charge in [-0.15, -0.1) is 5.10 Å². The molecule has 1 saturated heterocycles. The van der Waals surface area contributed by atoms with Crippen molar-refractivity contribution >= 4 is 12.2 Å². The monoisotopic (exact) mass is 387 g/mol. The number of quaternary nitrogens is 1. The SMILES string of the molecule is Fc1ccccc1-c1nn(C[NH+]2CCC[C@@H]3CCCC[C@@H]32)c(=S)n1C1CC1. The van der Waals surface area contributed by atoms with Crippen LogP contribution in [0.5, 0.6) is 0 Å². The number of hydrogen-bond acceptors (Lipinski definition) is 2. The average Bonchev–Trinajstić information content (AvgIpc) is 3.47. The largest absolute Gasteiger partial charge is 0.314 e. The molecular weight excluding hydrogens is 359 g/mol. The van der Waals surface area contributed by atoms with Crippen LogP contribution in [0, 0.1) is 16.5 Å². The van der Waals surface area contributed by atoms with Crippen LogP contribution in [0.15, 0.2) is 24.3 Å². The molecule has 1 aromatic carbocycles. The minimum Gasteiger partial charge on any atom is -0.314 e. The molecule has 3 atom stereocenters. The van der Waals surface area contributed by atoms with Crippen molar-refractivity contribution in [3.8, 4) is 11.4 Å². The van der Waals surface area contributed by atoms with Gasteiger partial charge in [-0.1, -0.05) is 18.6 Å². The van der Waals surface area contributed by atoms with Crippen molar-refractivity contribution in [1.29, 1.82) is 0 Å². The Morgan fingerprint density at radius 3 is 2.67 bits per heavy atom. The van der Waals surface area contributed by atoms with Crippen LogP contribution in [-0.2, 0) is 6.67 Å². The number of likely N-dealkylation sites (tertiary alicyclic amines) is 1. The molecule has 2 aliphatic carbocycles. The highest BCUT2D eigenvalue weighted by Crippen LogP contribution is 2.39. The molecule has 1 aromatic heterocycles. The maximum Gasteiger partial charge on any atom is 0.203 e. The minimum absolute atomic E-state index is 0.218. The van der Waals surface area contributed by atoms with Gasteiger partial charge in [-0.25, -0.2) is 4.39 Å². The van der Waals surface area contributed by atoms with Crippen LogP contribution in [0.25, 0.3) is 11.4 Å². The van der Waals surface area contributed by atoms with E-state index in [-0.39, 0.29) is 5.82 Å². The van der Waals surface area contributed by atoms with Crippen LogP contribution in [0.3, 0.4) is 0 Å². The summed E-state index contributed by atoms with van der Waals surface area (Å²) in [6, 6.07) is 8.07. The highest BCUT2D eigenvalue weighted by Gasteiger charge is 2.37. The van der Waals surface area contributed by atoms with Crippen molar-refractivity contribution < 1.29 is 9.29 Å². The second kappa shape index (κ2) is 7.13. The highest BCUT2D eigenvalue weighted by atomic mass is 32.1. The fraction of sp³-hybridized carbons (Fsp3) is 0.619. The molecule has 3 fully saturated rings. The Morgan fingerprint density at radius 2 is 1.85 bits per heavy atom. The molecule has 2 heterocycles. The van der Waals surface area contributed by atoms with Crippen LogP contribution in [0.1, 0.15) is 57.4 Å². The molecule has 1 unspecified atom stereocenters. The first-order valence-corrected chi connectivity index (χ1v) is 10.9. The molecule has 27 heavy (non-hydrogen) atoms. The third-order valence-corrected chi connectivity index (χ3v) is 7.16. The summed E-state index contributed by atoms with van der Waals surface area (Å²) >= 11 is 5.82. The maximum absolute atomic E-state index is 14.5. The van der Waals surface area contributed by atoms with Crippen molar-refractivity contribution in [1.82, 2.24) is 14.3 Å². The van der Waals surface area contributed by atoms with E-state index in [0.29, 0.717) is 17.4 Å². The number of rotatable bonds is 4. The zero-order valence-electron chi connectivity index (χ0n) is 15.7. The van der Waals surface area contributed by atoms with Gasteiger partial charge in [0.15, 0.2) is 12.5 Å². The van der Waals surface area contributed by atoms with Crippen molar-refractivity contribution in [3.05, 3.63) is 34.9 Å². The minimum atomic E-state index is -0.218. The molecule has 1 aliphatic heterocycles. The van der Waals surface area contributed by atoms with Gasteiger partial charge < -0.3 is 4.90 Å². The van der Waals surface area contributed by atoms with Gasteiger partial charge in [-0.2, -0.15) is 4.68 Å². The fourth-order valence-electron chi connectivity index (χ4n) is 5.27. The number of nitrogens with zero attached hydrogens (tertiary/aromatic N) is 3. The average molecular weight is 388 g/mol. The lowest BCUT2D eigenvalue weighted by Gasteiger charge is -2.40. The molecule has 3 aliphatic rings. The van der Waals surface area contributed by atoms with Gasteiger partial charge in [0.1, 0.15) is 5.82 Å². The summed E-state index contributed by atoms with van der Waals surface area (Å²) in [6.45, 7) is 2.02. The molecule has 2 saturated carbocycles. The standard InChI is InChI=1S/C21H27FN4S/c22-18-9-3-2-8-17(18)20-23-25(21(27)26(20)16-11-12-16)14-24-13-5-7-15-6-1-4-10-19(15)24/h2-3,8-9,15-16,19H,1,4-7,10-14H2/p+1/t15-,19-/m0/s1. The van der Waals surface area contributed by atoms with Gasteiger partial charge >= 0.3 is 0 Å². The zero-order chi connectivity index (χ0) is 18.4. The van der Waals surface area contributed by atoms with Gasteiger partial charge in [-0.3, -0.25) is 4.57 Å². The smallest absolute Gasteiger partial charge is 0.203 e. The molecule has 0 amide bonds. The number of hydrogen-bond donors (Lipinski definition) is 1. The van der Waals surface area contributed by atoms with Crippen molar-refractivity contribution in [2.24, 2.45) is 5.92 Å². The number of aromatic nitrogens is 3. The first-order chi connectivity index (χ1) is 13.2. The lowest BCUT2D eigenvalue weighted by atomic mass is 9.78. The fourth-order valence-corrected chi connectivity index (χ4v) is 5.61. The summed E-state index contributed by atoms with van der Waals surface area (Å²) in [5.74, 6) is 1.36. The van der Waals surface area contributed by atoms with Crippen LogP contribution >= 0.6 is 12.2 Å². The molecule has 6 heteroatoms. The molecule has 5 rings (SSSR count). The Labute approximate surface area is 165 Å². The lowest BCUT2D eigenvalue weighted by Crippen LogP contribution is -3.17. The first kappa shape index (κ1) is 17.6. The van der Waals surface area contributed by atoms with Crippen LogP contribution < -0.4 is 4.90 Å². The molecule has 4 nitrogen and oxygen atoms in total. The van der Waals surface area contributed by atoms with E-state index in [1.807, 2.05) is 16.8 Å². The summed E-state index contributed by atoms with van der Waals surface area (Å²) in [6.07, 6.45) is 10.4. The Balaban J connectivity index is 1.49. The third-order valence-electron chi connectivity index (χ3n) is 6.76. The van der Waals surface area contributed by atoms with Gasteiger partial charge in [0.2, 0.25) is 4.77 Å². The van der Waals surface area contributed by atoms with E-state index >= 15 is 0 Å². The molecule has 2 aromatic rings. The maximum atomic E-state index is 14.5. The van der Waals surface area contributed by atoms with Crippen LogP contribution in [0.4, 0.5) is 4.39 Å². The van der Waals surface area contributed by atoms with E-state index in [1.54, 1.807) is 11.0 Å². The second-order valence-corrected chi connectivity index (χ2v) is 8.91. The normalized spacial score (nSPS) is 28.1. The first-order valence-electron chi connectivity index (χ1n) is 10.5. The van der Waals surface area contributed by atoms with E-state index in [9.17, 15) is 4.39 Å². The van der Waals surface area contributed by atoms with E-state index in [2.05, 4.69) is 4.57 Å². The van der Waals surface area contributed by atoms with Crippen molar-refractivity contribution in [3.63, 3.8) is 0 Å². The molecule has 1 N–H and O–H groups in total. The van der Waals surface area contributed by atoms with E-state index < -0.39 is 0 Å². The quantitative estimate of drug-likeness (QED) is 0.809. The highest BCUT2D eigenvalue weighted by molar-refractivity contribution is 7.71. The molecule has 0 spiro atoms. The summed E-state index contributed by atoms with van der Waals surface area (Å²) in [5.41, 5.74) is 0.568. The summed E-state index contributed by atoms with van der Waals surface area (Å²) in [5, 5.41) is 4.85. The predicted molar refractivity (Wildman–Crippen MR) is 106 cm³/mol. The number of halogens is 1. The van der Waals surface area contributed by atoms with Gasteiger partial charge in [0.05, 0.1) is 18.2 Å². The van der Waals surface area contributed by atoms with E-state index in [4.69, 9.17) is 17.3 Å². The van der Waals surface area contributed by atoms with E-state index in [1.165, 1.54) is 51.1 Å². The zero-order valence-corrected chi connectivity index (χ0v) is 16.6. The Kier molecular flexibility index (Phi) is 4.64. The van der Waals surface area contributed by atoms with Crippen LogP contribution in [0.2, 0.25) is 0 Å². The molecule has 0 bridgehead atoms. The number of fused-ring (bicyclic) bond motifs is 1. The van der Waals surface area contributed by atoms with Gasteiger partial charge in [0.25, 0.3) is 0 Å². The summed E-state index contributed by atoms with van der Waals surface area (Å²) in [4.78, 5) is 1.63. The summed E-state index contributed by atoms with van der Waals surface area (Å²) in [7, 11) is 0. The van der Waals surface area contributed by atoms with Crippen LogP contribution in [-0.4, -0.2) is 26.9 Å². The topological polar surface area (TPSA) is 27.2 Å². The Bertz CT molecular complexity index is 883. The van der Waals surface area contributed by atoms with Crippen molar-refractivity contribution in [2.45, 2.75) is 70.1 Å². The molecule has 144 valence electrons. The van der Waals surface area contributed by atoms with E-state index in [0.717, 1.165) is 36.2 Å². The second-order valence-electron chi connectivity index (χ2n) is 8.55. The number of piperidine rings is 1. The number of benzene rings is 1. The molecule has 0 radical (unpaired) electrons. The predicted octanol–water partition coefficient (Wildman–Crippen LogP) is 3.75.